The molecule has 43 heavy (non-hydrogen) atoms. The van der Waals surface area contributed by atoms with Gasteiger partial charge in [-0.05, 0) is 37.8 Å². The number of carboxylic acids is 1. The van der Waals surface area contributed by atoms with Crippen molar-refractivity contribution in [2.24, 2.45) is 18.4 Å². The van der Waals surface area contributed by atoms with Crippen molar-refractivity contribution in [2.45, 2.75) is 58.1 Å². The number of aromatic nitrogens is 3. The number of aryl methyl sites for hydroxylation is 1. The van der Waals surface area contributed by atoms with Gasteiger partial charge in [0.1, 0.15) is 24.6 Å². The van der Waals surface area contributed by atoms with Gasteiger partial charge in [0.15, 0.2) is 11.6 Å². The molecule has 1 aliphatic carbocycles. The highest BCUT2D eigenvalue weighted by Crippen LogP contribution is 2.47. The Labute approximate surface area is 250 Å². The van der Waals surface area contributed by atoms with Crippen LogP contribution in [0.4, 0.5) is 13.2 Å². The fourth-order valence-electron chi connectivity index (χ4n) is 6.46. The van der Waals surface area contributed by atoms with Crippen LogP contribution < -0.4 is 4.74 Å². The van der Waals surface area contributed by atoms with Crippen LogP contribution in [0.15, 0.2) is 6.07 Å². The second-order valence-corrected chi connectivity index (χ2v) is 11.8. The average molecular weight is 628 g/mol. The van der Waals surface area contributed by atoms with Crippen molar-refractivity contribution in [3.63, 3.8) is 0 Å². The van der Waals surface area contributed by atoms with Gasteiger partial charge < -0.3 is 24.4 Å². The summed E-state index contributed by atoms with van der Waals surface area (Å²) in [5, 5.41) is 17.6. The molecule has 1 aromatic heterocycles. The summed E-state index contributed by atoms with van der Waals surface area (Å²) in [6.45, 7) is 1.43. The summed E-state index contributed by atoms with van der Waals surface area (Å²) >= 11 is 6.50. The number of hydrogen-bond donors (Lipinski definition) is 1. The number of amides is 2. The van der Waals surface area contributed by atoms with Gasteiger partial charge in [0.25, 0.3) is 6.43 Å². The monoisotopic (exact) mass is 627 g/mol. The molecule has 2 aromatic rings. The van der Waals surface area contributed by atoms with E-state index in [1.165, 1.54) is 16.8 Å². The van der Waals surface area contributed by atoms with E-state index in [0.717, 1.165) is 10.7 Å². The van der Waals surface area contributed by atoms with Gasteiger partial charge in [-0.15, -0.1) is 5.10 Å². The summed E-state index contributed by atoms with van der Waals surface area (Å²) in [5.41, 5.74) is -1.28. The number of hydrogen-bond acceptors (Lipinski definition) is 7. The molecule has 0 bridgehead atoms. The molecule has 234 valence electrons. The van der Waals surface area contributed by atoms with Crippen molar-refractivity contribution in [1.29, 1.82) is 0 Å². The number of morpholine rings is 1. The van der Waals surface area contributed by atoms with E-state index in [-0.39, 0.29) is 67.2 Å². The topological polar surface area (TPSA) is 127 Å². The Bertz CT molecular complexity index is 1420. The van der Waals surface area contributed by atoms with Gasteiger partial charge in [0.05, 0.1) is 24.0 Å². The van der Waals surface area contributed by atoms with Crippen molar-refractivity contribution in [1.82, 2.24) is 24.8 Å². The number of carbonyl (C=O) groups is 3. The number of fused-ring (bicyclic) bond motifs is 1. The normalized spacial score (nSPS) is 24.3. The largest absolute Gasteiger partial charge is 0.484 e. The summed E-state index contributed by atoms with van der Waals surface area (Å²) in [6.07, 6.45) is -0.665. The lowest BCUT2D eigenvalue weighted by molar-refractivity contribution is -0.163. The second-order valence-electron chi connectivity index (χ2n) is 11.4. The molecule has 2 amide bonds. The van der Waals surface area contributed by atoms with Crippen molar-refractivity contribution < 1.29 is 42.1 Å². The predicted octanol–water partition coefficient (Wildman–Crippen LogP) is 3.69. The van der Waals surface area contributed by atoms with Crippen LogP contribution in [0, 0.1) is 17.2 Å². The fourth-order valence-corrected chi connectivity index (χ4v) is 6.76. The first-order valence-electron chi connectivity index (χ1n) is 14.1. The van der Waals surface area contributed by atoms with Crippen molar-refractivity contribution in [3.05, 3.63) is 39.4 Å². The number of carboxylic acid groups (broad SMARTS) is 1. The maximum Gasteiger partial charge on any atom is 0.310 e. The van der Waals surface area contributed by atoms with Crippen LogP contribution in [-0.2, 0) is 39.2 Å². The zero-order valence-electron chi connectivity index (χ0n) is 23.8. The SMILES string of the molecule is Cn1nnc(COc2c(F)cc(Cl)c3c2[C@@H](CN2CCOCC2=O)N(C(=O)C2CCCC[C@@]2(C)C(=O)O)CC3)c1C(F)F. The van der Waals surface area contributed by atoms with Crippen LogP contribution in [0.1, 0.15) is 67.6 Å². The molecule has 1 N–H and O–H groups in total. The molecule has 3 atom stereocenters. The van der Waals surface area contributed by atoms with Gasteiger partial charge in [-0.3, -0.25) is 14.4 Å². The predicted molar refractivity (Wildman–Crippen MR) is 145 cm³/mol. The first-order chi connectivity index (χ1) is 20.4. The number of rotatable bonds is 8. The molecule has 0 radical (unpaired) electrons. The summed E-state index contributed by atoms with van der Waals surface area (Å²) in [6, 6.07) is 0.107. The molecule has 3 aliphatic rings. The molecule has 3 heterocycles. The molecule has 1 saturated heterocycles. The van der Waals surface area contributed by atoms with Gasteiger partial charge in [-0.25, -0.2) is 17.9 Å². The maximum atomic E-state index is 15.7. The molecule has 2 fully saturated rings. The average Bonchev–Trinajstić information content (AvgIpc) is 3.34. The lowest BCUT2D eigenvalue weighted by Crippen LogP contribution is -2.54. The third-order valence-electron chi connectivity index (χ3n) is 8.90. The number of nitrogens with zero attached hydrogens (tertiary/aromatic N) is 5. The Morgan fingerprint density at radius 1 is 1.30 bits per heavy atom. The highest BCUT2D eigenvalue weighted by Gasteiger charge is 2.50. The zero-order valence-corrected chi connectivity index (χ0v) is 24.6. The van der Waals surface area contributed by atoms with E-state index >= 15 is 4.39 Å². The number of alkyl halides is 2. The van der Waals surface area contributed by atoms with Crippen LogP contribution in [-0.4, -0.2) is 80.5 Å². The quantitative estimate of drug-likeness (QED) is 0.470. The van der Waals surface area contributed by atoms with Crippen LogP contribution in [0.3, 0.4) is 0 Å². The van der Waals surface area contributed by atoms with Gasteiger partial charge in [0, 0.05) is 37.3 Å². The van der Waals surface area contributed by atoms with Crippen LogP contribution >= 0.6 is 11.6 Å². The summed E-state index contributed by atoms with van der Waals surface area (Å²) in [7, 11) is 1.30. The standard InChI is InChI=1S/C28H33ClF3N5O6/c1-28(27(40)41)7-4-3-5-16(28)26(39)37-8-6-15-17(29)11-18(30)24(43-13-19-23(25(31)32)35(2)34-33-19)22(15)20(37)12-36-9-10-42-14-21(36)38/h11,16,20,25H,3-10,12-14H2,1-2H3,(H,40,41)/t16?,20-,28-/m1/s1. The third-order valence-corrected chi connectivity index (χ3v) is 9.24. The van der Waals surface area contributed by atoms with E-state index in [9.17, 15) is 28.3 Å². The molecule has 1 unspecified atom stereocenters. The van der Waals surface area contributed by atoms with Crippen LogP contribution in [0.5, 0.6) is 5.75 Å². The lowest BCUT2D eigenvalue weighted by atomic mass is 9.66. The number of benzene rings is 1. The van der Waals surface area contributed by atoms with E-state index in [1.807, 2.05) is 0 Å². The van der Waals surface area contributed by atoms with Crippen LogP contribution in [0.25, 0.3) is 0 Å². The third kappa shape index (κ3) is 5.78. The minimum atomic E-state index is -2.91. The van der Waals surface area contributed by atoms with Gasteiger partial charge in [-0.1, -0.05) is 29.7 Å². The number of ether oxygens (including phenoxy) is 2. The molecule has 11 nitrogen and oxygen atoms in total. The molecular formula is C28H33ClF3N5O6. The molecule has 1 aromatic carbocycles. The van der Waals surface area contributed by atoms with E-state index in [2.05, 4.69) is 10.3 Å². The van der Waals surface area contributed by atoms with Gasteiger partial charge >= 0.3 is 5.97 Å². The van der Waals surface area contributed by atoms with E-state index in [4.69, 9.17) is 21.1 Å². The molecule has 0 spiro atoms. The van der Waals surface area contributed by atoms with Crippen LogP contribution in [0.2, 0.25) is 5.02 Å². The highest BCUT2D eigenvalue weighted by molar-refractivity contribution is 6.31. The Hall–Kier alpha value is -3.39. The second kappa shape index (κ2) is 12.3. The lowest BCUT2D eigenvalue weighted by Gasteiger charge is -2.45. The number of halogens is 4. The van der Waals surface area contributed by atoms with Crippen molar-refractivity contribution in [3.8, 4) is 5.75 Å². The molecule has 15 heteroatoms. The summed E-state index contributed by atoms with van der Waals surface area (Å²) in [4.78, 5) is 42.4. The van der Waals surface area contributed by atoms with Gasteiger partial charge in [0.2, 0.25) is 11.8 Å². The molecular weight excluding hydrogens is 595 g/mol. The zero-order chi connectivity index (χ0) is 31.1. The maximum absolute atomic E-state index is 15.7. The van der Waals surface area contributed by atoms with Crippen molar-refractivity contribution >= 4 is 29.4 Å². The van der Waals surface area contributed by atoms with E-state index in [0.29, 0.717) is 31.2 Å². The fraction of sp³-hybridized carbons (Fsp3) is 0.607. The smallest absolute Gasteiger partial charge is 0.310 e. The Morgan fingerprint density at radius 3 is 2.77 bits per heavy atom. The molecule has 1 saturated carbocycles. The van der Waals surface area contributed by atoms with E-state index < -0.39 is 53.8 Å². The summed E-state index contributed by atoms with van der Waals surface area (Å²) < 4.78 is 55.0. The molecule has 5 rings (SSSR count). The van der Waals surface area contributed by atoms with E-state index in [1.54, 1.807) is 6.92 Å². The minimum absolute atomic E-state index is 0.0546. The first kappa shape index (κ1) is 31.0. The Balaban J connectivity index is 1.58. The Kier molecular flexibility index (Phi) is 8.89. The Morgan fingerprint density at radius 2 is 2.07 bits per heavy atom. The number of aliphatic carboxylic acids is 1. The van der Waals surface area contributed by atoms with Gasteiger partial charge in [-0.2, -0.15) is 0 Å². The first-order valence-corrected chi connectivity index (χ1v) is 14.5. The van der Waals surface area contributed by atoms with Crippen molar-refractivity contribution in [2.75, 3.05) is 32.8 Å². The summed E-state index contributed by atoms with van der Waals surface area (Å²) in [5.74, 6) is -3.85. The highest BCUT2D eigenvalue weighted by atomic mass is 35.5. The molecule has 2 aliphatic heterocycles. The minimum Gasteiger partial charge on any atom is -0.484 e. The number of carbonyl (C=O) groups excluding carboxylic acids is 2.